The van der Waals surface area contributed by atoms with E-state index in [1.54, 1.807) is 12.1 Å². The van der Waals surface area contributed by atoms with E-state index in [9.17, 15) is 20.1 Å². The zero-order chi connectivity index (χ0) is 16.3. The molecule has 5 atom stereocenters. The predicted octanol–water partition coefficient (Wildman–Crippen LogP) is -0.899. The fourth-order valence-electron chi connectivity index (χ4n) is 2.64. The van der Waals surface area contributed by atoms with Gasteiger partial charge in [-0.05, 0) is 18.9 Å². The lowest BCUT2D eigenvalue weighted by Gasteiger charge is -2.32. The number of hydrogen-bond donors (Lipinski definition) is 5. The van der Waals surface area contributed by atoms with Gasteiger partial charge in [-0.15, -0.1) is 0 Å². The van der Waals surface area contributed by atoms with Crippen molar-refractivity contribution in [3.05, 3.63) is 35.9 Å². The maximum atomic E-state index is 11.5. The Morgan fingerprint density at radius 1 is 1.36 bits per heavy atom. The molecular formula is C15H21NO6. The van der Waals surface area contributed by atoms with Crippen molar-refractivity contribution in [1.82, 2.24) is 5.32 Å². The van der Waals surface area contributed by atoms with Crippen molar-refractivity contribution in [3.8, 4) is 0 Å². The van der Waals surface area contributed by atoms with Crippen molar-refractivity contribution in [3.63, 3.8) is 0 Å². The maximum absolute atomic E-state index is 11.5. The van der Waals surface area contributed by atoms with E-state index in [1.807, 2.05) is 18.2 Å². The number of nitrogens with one attached hydrogen (secondary N) is 1. The molecule has 1 aromatic carbocycles. The van der Waals surface area contributed by atoms with E-state index >= 15 is 0 Å². The lowest BCUT2D eigenvalue weighted by molar-refractivity contribution is -0.147. The van der Waals surface area contributed by atoms with Crippen molar-refractivity contribution in [1.29, 1.82) is 0 Å². The standard InChI is InChI=1S/C15H21NO6/c1-15(13(19)12(18)11(8-17)22-15)16-10(14(20)21)7-9-5-3-2-4-6-9/h2-6,10-13,16-19H,7-8H2,1H3,(H,20,21)/t10-,11+,12+,13-,15?/m0/s1. The van der Waals surface area contributed by atoms with Crippen LogP contribution in [-0.4, -0.2) is 63.1 Å². The number of aliphatic hydroxyl groups is 3. The average Bonchev–Trinajstić information content (AvgIpc) is 2.72. The second kappa shape index (κ2) is 6.72. The first-order chi connectivity index (χ1) is 10.4. The molecule has 22 heavy (non-hydrogen) atoms. The minimum atomic E-state index is -1.45. The largest absolute Gasteiger partial charge is 0.480 e. The fourth-order valence-corrected chi connectivity index (χ4v) is 2.64. The second-order valence-corrected chi connectivity index (χ2v) is 5.61. The molecule has 0 saturated carbocycles. The van der Waals surface area contributed by atoms with Gasteiger partial charge < -0.3 is 25.2 Å². The van der Waals surface area contributed by atoms with Gasteiger partial charge in [0, 0.05) is 0 Å². The van der Waals surface area contributed by atoms with Gasteiger partial charge in [-0.3, -0.25) is 10.1 Å². The van der Waals surface area contributed by atoms with E-state index < -0.39 is 42.7 Å². The van der Waals surface area contributed by atoms with Gasteiger partial charge in [-0.2, -0.15) is 0 Å². The Morgan fingerprint density at radius 2 is 2.00 bits per heavy atom. The molecule has 1 aromatic rings. The van der Waals surface area contributed by atoms with Gasteiger partial charge in [0.2, 0.25) is 0 Å². The van der Waals surface area contributed by atoms with Gasteiger partial charge in [0.05, 0.1) is 6.61 Å². The number of hydrogen-bond acceptors (Lipinski definition) is 6. The molecule has 5 N–H and O–H groups in total. The molecule has 0 aliphatic carbocycles. The van der Waals surface area contributed by atoms with Gasteiger partial charge in [0.15, 0.2) is 0 Å². The zero-order valence-corrected chi connectivity index (χ0v) is 12.2. The molecule has 0 aromatic heterocycles. The van der Waals surface area contributed by atoms with Gasteiger partial charge in [0.25, 0.3) is 0 Å². The number of carboxylic acids is 1. The van der Waals surface area contributed by atoms with Gasteiger partial charge in [0.1, 0.15) is 30.1 Å². The quantitative estimate of drug-likeness (QED) is 0.462. The topological polar surface area (TPSA) is 119 Å². The normalized spacial score (nSPS) is 32.8. The van der Waals surface area contributed by atoms with Crippen LogP contribution >= 0.6 is 0 Å². The third-order valence-electron chi connectivity index (χ3n) is 3.89. The Labute approximate surface area is 128 Å². The lowest BCUT2D eigenvalue weighted by atomic mass is 10.0. The van der Waals surface area contributed by atoms with Crippen LogP contribution in [0.3, 0.4) is 0 Å². The molecule has 1 fully saturated rings. The first-order valence-corrected chi connectivity index (χ1v) is 7.06. The molecule has 7 nitrogen and oxygen atoms in total. The summed E-state index contributed by atoms with van der Waals surface area (Å²) in [6.07, 6.45) is -3.39. The molecular weight excluding hydrogens is 290 g/mol. The molecule has 0 amide bonds. The highest BCUT2D eigenvalue weighted by molar-refractivity contribution is 5.74. The van der Waals surface area contributed by atoms with Crippen LogP contribution in [0.1, 0.15) is 12.5 Å². The summed E-state index contributed by atoms with van der Waals surface area (Å²) in [6, 6.07) is 8.05. The van der Waals surface area contributed by atoms with Crippen LogP contribution in [0, 0.1) is 0 Å². The number of benzene rings is 1. The van der Waals surface area contributed by atoms with Crippen molar-refractivity contribution in [2.45, 2.75) is 43.4 Å². The summed E-state index contributed by atoms with van der Waals surface area (Å²) in [7, 11) is 0. The van der Waals surface area contributed by atoms with E-state index in [2.05, 4.69) is 5.32 Å². The average molecular weight is 311 g/mol. The van der Waals surface area contributed by atoms with Crippen LogP contribution in [0.15, 0.2) is 30.3 Å². The highest BCUT2D eigenvalue weighted by Gasteiger charge is 2.52. The molecule has 1 aliphatic heterocycles. The molecule has 0 bridgehead atoms. The second-order valence-electron chi connectivity index (χ2n) is 5.61. The summed E-state index contributed by atoms with van der Waals surface area (Å²) in [4.78, 5) is 11.5. The van der Waals surface area contributed by atoms with Crippen LogP contribution in [0.4, 0.5) is 0 Å². The van der Waals surface area contributed by atoms with Crippen molar-refractivity contribution in [2.75, 3.05) is 6.61 Å². The summed E-state index contributed by atoms with van der Waals surface area (Å²) >= 11 is 0. The molecule has 0 spiro atoms. The van der Waals surface area contributed by atoms with E-state index in [0.717, 1.165) is 5.56 Å². The Bertz CT molecular complexity index is 510. The van der Waals surface area contributed by atoms with Crippen LogP contribution < -0.4 is 5.32 Å². The minimum absolute atomic E-state index is 0.196. The molecule has 7 heteroatoms. The van der Waals surface area contributed by atoms with Gasteiger partial charge >= 0.3 is 5.97 Å². The zero-order valence-electron chi connectivity index (χ0n) is 12.2. The predicted molar refractivity (Wildman–Crippen MR) is 77.1 cm³/mol. The van der Waals surface area contributed by atoms with Crippen molar-refractivity contribution in [2.24, 2.45) is 0 Å². The molecule has 1 saturated heterocycles. The van der Waals surface area contributed by atoms with Crippen LogP contribution in [0.5, 0.6) is 0 Å². The smallest absolute Gasteiger partial charge is 0.321 e. The number of rotatable bonds is 6. The first kappa shape index (κ1) is 16.9. The lowest BCUT2D eigenvalue weighted by Crippen LogP contribution is -2.58. The fraction of sp³-hybridized carbons (Fsp3) is 0.533. The third kappa shape index (κ3) is 3.45. The molecule has 1 aliphatic rings. The Hall–Kier alpha value is -1.51. The first-order valence-electron chi connectivity index (χ1n) is 7.06. The van der Waals surface area contributed by atoms with Crippen molar-refractivity contribution >= 4 is 5.97 Å². The number of ether oxygens (including phenoxy) is 1. The summed E-state index contributed by atoms with van der Waals surface area (Å²) < 4.78 is 5.42. The minimum Gasteiger partial charge on any atom is -0.480 e. The SMILES string of the molecule is CC1(N[C@@H](Cc2ccccc2)C(=O)O)O[C@H](CO)[C@@H](O)[C@@H]1O. The summed E-state index contributed by atoms with van der Waals surface area (Å²) in [6.45, 7) is 0.989. The third-order valence-corrected chi connectivity index (χ3v) is 3.89. The molecule has 2 rings (SSSR count). The molecule has 0 radical (unpaired) electrons. The molecule has 1 unspecified atom stereocenters. The van der Waals surface area contributed by atoms with E-state index in [1.165, 1.54) is 6.92 Å². The highest BCUT2D eigenvalue weighted by Crippen LogP contribution is 2.29. The van der Waals surface area contributed by atoms with Gasteiger partial charge in [-0.1, -0.05) is 30.3 Å². The Kier molecular flexibility index (Phi) is 5.15. The number of carboxylic acid groups (broad SMARTS) is 1. The van der Waals surface area contributed by atoms with Gasteiger partial charge in [-0.25, -0.2) is 0 Å². The Morgan fingerprint density at radius 3 is 2.50 bits per heavy atom. The molecule has 1 heterocycles. The van der Waals surface area contributed by atoms with E-state index in [-0.39, 0.29) is 6.42 Å². The summed E-state index contributed by atoms with van der Waals surface area (Å²) in [5.41, 5.74) is -0.636. The van der Waals surface area contributed by atoms with Crippen LogP contribution in [0.25, 0.3) is 0 Å². The number of aliphatic hydroxyl groups excluding tert-OH is 3. The monoisotopic (exact) mass is 311 g/mol. The van der Waals surface area contributed by atoms with Crippen molar-refractivity contribution < 1.29 is 30.0 Å². The van der Waals surface area contributed by atoms with Crippen LogP contribution in [-0.2, 0) is 16.0 Å². The van der Waals surface area contributed by atoms with Crippen LogP contribution in [0.2, 0.25) is 0 Å². The Balaban J connectivity index is 2.12. The highest BCUT2D eigenvalue weighted by atomic mass is 16.6. The molecule has 122 valence electrons. The summed E-state index contributed by atoms with van der Waals surface area (Å²) in [5, 5.41) is 41.1. The van der Waals surface area contributed by atoms with E-state index in [0.29, 0.717) is 0 Å². The van der Waals surface area contributed by atoms with E-state index in [4.69, 9.17) is 9.84 Å². The summed E-state index contributed by atoms with van der Waals surface area (Å²) in [5.74, 6) is -1.09. The number of carbonyl (C=O) groups is 1. The number of aliphatic carboxylic acids is 1. The maximum Gasteiger partial charge on any atom is 0.321 e.